The standard InChI is InChI=1S/C12H23N3O5S/c1-3-13(5-4-12(17)18)10-11(16)14-6-8-15(9-7-14)21(2,19)20/h3-10H2,1-2H3,(H,17,18). The Hall–Kier alpha value is -1.19. The third-order valence-electron chi connectivity index (χ3n) is 3.51. The van der Waals surface area contributed by atoms with E-state index in [4.69, 9.17) is 5.11 Å². The molecule has 8 nitrogen and oxygen atoms in total. The number of nitrogens with zero attached hydrogens (tertiary/aromatic N) is 3. The SMILES string of the molecule is CCN(CCC(=O)O)CC(=O)N1CCN(S(C)(=O)=O)CC1. The van der Waals surface area contributed by atoms with Crippen LogP contribution in [0.15, 0.2) is 0 Å². The molecular formula is C12H23N3O5S. The van der Waals surface area contributed by atoms with Gasteiger partial charge in [-0.2, -0.15) is 4.31 Å². The zero-order valence-electron chi connectivity index (χ0n) is 12.5. The van der Waals surface area contributed by atoms with Gasteiger partial charge < -0.3 is 10.0 Å². The Bertz CT molecular complexity index is 471. The number of sulfonamides is 1. The topological polar surface area (TPSA) is 98.2 Å². The van der Waals surface area contributed by atoms with Crippen molar-refractivity contribution < 1.29 is 23.1 Å². The highest BCUT2D eigenvalue weighted by Crippen LogP contribution is 2.07. The van der Waals surface area contributed by atoms with E-state index in [1.165, 1.54) is 4.31 Å². The lowest BCUT2D eigenvalue weighted by Gasteiger charge is -2.34. The molecule has 0 aromatic heterocycles. The zero-order valence-corrected chi connectivity index (χ0v) is 13.3. The fraction of sp³-hybridized carbons (Fsp3) is 0.833. The molecule has 1 heterocycles. The number of hydrogen-bond acceptors (Lipinski definition) is 5. The third-order valence-corrected chi connectivity index (χ3v) is 4.81. The first-order chi connectivity index (χ1) is 9.74. The molecule has 122 valence electrons. The van der Waals surface area contributed by atoms with Crippen LogP contribution in [0.4, 0.5) is 0 Å². The lowest BCUT2D eigenvalue weighted by molar-refractivity contribution is -0.138. The van der Waals surface area contributed by atoms with Gasteiger partial charge in [0, 0.05) is 32.7 Å². The summed E-state index contributed by atoms with van der Waals surface area (Å²) >= 11 is 0. The molecule has 0 aromatic carbocycles. The van der Waals surface area contributed by atoms with Gasteiger partial charge in [-0.3, -0.25) is 14.5 Å². The molecule has 0 radical (unpaired) electrons. The molecule has 0 aliphatic carbocycles. The first kappa shape index (κ1) is 17.9. The number of piperazine rings is 1. The zero-order chi connectivity index (χ0) is 16.0. The number of rotatable bonds is 7. The van der Waals surface area contributed by atoms with Crippen LogP contribution in [0.1, 0.15) is 13.3 Å². The van der Waals surface area contributed by atoms with Crippen LogP contribution in [0.25, 0.3) is 0 Å². The Balaban J connectivity index is 2.44. The molecule has 0 aromatic rings. The molecule has 1 aliphatic heterocycles. The minimum absolute atomic E-state index is 0.00295. The predicted molar refractivity (Wildman–Crippen MR) is 77.4 cm³/mol. The van der Waals surface area contributed by atoms with E-state index in [0.717, 1.165) is 6.26 Å². The number of carboxylic acid groups (broad SMARTS) is 1. The number of hydrogen-bond donors (Lipinski definition) is 1. The van der Waals surface area contributed by atoms with Gasteiger partial charge in [-0.05, 0) is 6.54 Å². The smallest absolute Gasteiger partial charge is 0.304 e. The van der Waals surface area contributed by atoms with Crippen LogP contribution in [0.3, 0.4) is 0 Å². The van der Waals surface area contributed by atoms with Crippen molar-refractivity contribution in [3.05, 3.63) is 0 Å². The fourth-order valence-electron chi connectivity index (χ4n) is 2.16. The van der Waals surface area contributed by atoms with Crippen LogP contribution in [0.5, 0.6) is 0 Å². The van der Waals surface area contributed by atoms with Gasteiger partial charge in [-0.1, -0.05) is 6.92 Å². The van der Waals surface area contributed by atoms with Crippen molar-refractivity contribution in [1.29, 1.82) is 0 Å². The van der Waals surface area contributed by atoms with Gasteiger partial charge in [0.25, 0.3) is 0 Å². The summed E-state index contributed by atoms with van der Waals surface area (Å²) in [6.07, 6.45) is 1.16. The van der Waals surface area contributed by atoms with Gasteiger partial charge >= 0.3 is 5.97 Å². The molecule has 9 heteroatoms. The maximum absolute atomic E-state index is 12.1. The monoisotopic (exact) mass is 321 g/mol. The van der Waals surface area contributed by atoms with E-state index in [-0.39, 0.29) is 18.9 Å². The molecule has 1 amide bonds. The number of carbonyl (C=O) groups is 2. The summed E-state index contributed by atoms with van der Waals surface area (Å²) in [5, 5.41) is 8.66. The average Bonchev–Trinajstić information content (AvgIpc) is 2.42. The Morgan fingerprint density at radius 3 is 2.19 bits per heavy atom. The van der Waals surface area contributed by atoms with E-state index >= 15 is 0 Å². The van der Waals surface area contributed by atoms with Crippen molar-refractivity contribution in [2.45, 2.75) is 13.3 Å². The van der Waals surface area contributed by atoms with Crippen LogP contribution in [-0.4, -0.2) is 91.6 Å². The Morgan fingerprint density at radius 2 is 1.76 bits per heavy atom. The molecule has 1 N–H and O–H groups in total. The first-order valence-electron chi connectivity index (χ1n) is 6.91. The van der Waals surface area contributed by atoms with Crippen LogP contribution in [0, 0.1) is 0 Å². The summed E-state index contributed by atoms with van der Waals surface area (Å²) in [7, 11) is -3.20. The molecular weight excluding hydrogens is 298 g/mol. The van der Waals surface area contributed by atoms with Crippen LogP contribution in [0.2, 0.25) is 0 Å². The summed E-state index contributed by atoms with van der Waals surface area (Å²) in [5.41, 5.74) is 0. The number of aliphatic carboxylic acids is 1. The van der Waals surface area contributed by atoms with Crippen molar-refractivity contribution >= 4 is 21.9 Å². The first-order valence-corrected chi connectivity index (χ1v) is 8.76. The van der Waals surface area contributed by atoms with Crippen molar-refractivity contribution in [2.75, 3.05) is 52.1 Å². The molecule has 0 spiro atoms. The van der Waals surface area contributed by atoms with Gasteiger partial charge in [0.1, 0.15) is 0 Å². The second-order valence-corrected chi connectivity index (χ2v) is 7.04. The fourth-order valence-corrected chi connectivity index (χ4v) is 2.99. The summed E-state index contributed by atoms with van der Waals surface area (Å²) < 4.78 is 24.1. The summed E-state index contributed by atoms with van der Waals surface area (Å²) in [5.74, 6) is -0.974. The third kappa shape index (κ3) is 5.98. The maximum Gasteiger partial charge on any atom is 0.304 e. The molecule has 0 unspecified atom stereocenters. The minimum atomic E-state index is -3.20. The van der Waals surface area contributed by atoms with Crippen LogP contribution >= 0.6 is 0 Å². The van der Waals surface area contributed by atoms with E-state index in [1.807, 2.05) is 6.92 Å². The molecule has 21 heavy (non-hydrogen) atoms. The molecule has 1 aliphatic rings. The average molecular weight is 321 g/mol. The Morgan fingerprint density at radius 1 is 1.19 bits per heavy atom. The molecule has 0 bridgehead atoms. The molecule has 0 atom stereocenters. The number of carboxylic acids is 1. The van der Waals surface area contributed by atoms with Gasteiger partial charge in [-0.25, -0.2) is 8.42 Å². The summed E-state index contributed by atoms with van der Waals surface area (Å²) in [6, 6.07) is 0. The van der Waals surface area contributed by atoms with Crippen molar-refractivity contribution in [3.63, 3.8) is 0 Å². The normalized spacial score (nSPS) is 17.2. The lowest BCUT2D eigenvalue weighted by atomic mass is 10.3. The number of amides is 1. The summed E-state index contributed by atoms with van der Waals surface area (Å²) in [6.45, 7) is 4.35. The van der Waals surface area contributed by atoms with E-state index in [1.54, 1.807) is 9.80 Å². The minimum Gasteiger partial charge on any atom is -0.481 e. The largest absolute Gasteiger partial charge is 0.481 e. The van der Waals surface area contributed by atoms with Gasteiger partial charge in [0.2, 0.25) is 15.9 Å². The van der Waals surface area contributed by atoms with E-state index < -0.39 is 16.0 Å². The highest BCUT2D eigenvalue weighted by molar-refractivity contribution is 7.88. The quantitative estimate of drug-likeness (QED) is 0.638. The summed E-state index contributed by atoms with van der Waals surface area (Å²) in [4.78, 5) is 26.1. The molecule has 1 fully saturated rings. The molecule has 1 rings (SSSR count). The Kier molecular flexibility index (Phi) is 6.56. The predicted octanol–water partition coefficient (Wildman–Crippen LogP) is -1.11. The van der Waals surface area contributed by atoms with Crippen LogP contribution in [-0.2, 0) is 19.6 Å². The van der Waals surface area contributed by atoms with Crippen molar-refractivity contribution in [2.24, 2.45) is 0 Å². The van der Waals surface area contributed by atoms with Gasteiger partial charge in [0.05, 0.1) is 19.2 Å². The number of carbonyl (C=O) groups excluding carboxylic acids is 1. The lowest BCUT2D eigenvalue weighted by Crippen LogP contribution is -2.52. The maximum atomic E-state index is 12.1. The molecule has 1 saturated heterocycles. The van der Waals surface area contributed by atoms with E-state index in [0.29, 0.717) is 39.3 Å². The Labute approximate surface area is 125 Å². The molecule has 0 saturated carbocycles. The van der Waals surface area contributed by atoms with Crippen LogP contribution < -0.4 is 0 Å². The second-order valence-electron chi connectivity index (χ2n) is 5.06. The van der Waals surface area contributed by atoms with Crippen molar-refractivity contribution in [3.8, 4) is 0 Å². The van der Waals surface area contributed by atoms with Gasteiger partial charge in [0.15, 0.2) is 0 Å². The van der Waals surface area contributed by atoms with E-state index in [2.05, 4.69) is 0 Å². The van der Waals surface area contributed by atoms with Crippen molar-refractivity contribution in [1.82, 2.24) is 14.1 Å². The number of likely N-dealkylation sites (N-methyl/N-ethyl adjacent to an activating group) is 1. The highest BCUT2D eigenvalue weighted by atomic mass is 32.2. The van der Waals surface area contributed by atoms with E-state index in [9.17, 15) is 18.0 Å². The van der Waals surface area contributed by atoms with Gasteiger partial charge in [-0.15, -0.1) is 0 Å². The highest BCUT2D eigenvalue weighted by Gasteiger charge is 2.26. The second kappa shape index (κ2) is 7.71.